The summed E-state index contributed by atoms with van der Waals surface area (Å²) in [6.45, 7) is 0.435. The molecular weight excluding hydrogens is 386 g/mol. The van der Waals surface area contributed by atoms with E-state index >= 15 is 0 Å². The van der Waals surface area contributed by atoms with Gasteiger partial charge in [0.2, 0.25) is 10.0 Å². The van der Waals surface area contributed by atoms with Crippen LogP contribution in [0.2, 0.25) is 0 Å². The van der Waals surface area contributed by atoms with Crippen LogP contribution in [0.3, 0.4) is 0 Å². The summed E-state index contributed by atoms with van der Waals surface area (Å²) < 4.78 is 57.3. The fourth-order valence-electron chi connectivity index (χ4n) is 3.25. The number of ether oxygens (including phenoxy) is 1. The molecule has 1 saturated heterocycles. The van der Waals surface area contributed by atoms with Crippen molar-refractivity contribution in [2.24, 2.45) is 0 Å². The second-order valence-electron chi connectivity index (χ2n) is 6.56. The first-order valence-electron chi connectivity index (χ1n) is 8.72. The molecular formula is C19H23NO5S2. The third kappa shape index (κ3) is 4.51. The van der Waals surface area contributed by atoms with Gasteiger partial charge in [0.1, 0.15) is 5.75 Å². The van der Waals surface area contributed by atoms with Gasteiger partial charge in [-0.3, -0.25) is 0 Å². The van der Waals surface area contributed by atoms with E-state index in [9.17, 15) is 16.8 Å². The first-order chi connectivity index (χ1) is 12.8. The maximum atomic E-state index is 12.8. The summed E-state index contributed by atoms with van der Waals surface area (Å²) in [5.41, 5.74) is 0.727. The average Bonchev–Trinajstić information content (AvgIpc) is 2.68. The Labute approximate surface area is 160 Å². The zero-order chi connectivity index (χ0) is 19.5. The fraction of sp³-hybridized carbons (Fsp3) is 0.368. The second-order valence-corrected chi connectivity index (χ2v) is 10.8. The molecule has 0 saturated carbocycles. The van der Waals surface area contributed by atoms with E-state index in [4.69, 9.17) is 4.74 Å². The maximum Gasteiger partial charge on any atom is 0.218 e. The van der Waals surface area contributed by atoms with Crippen molar-refractivity contribution in [3.63, 3.8) is 0 Å². The lowest BCUT2D eigenvalue weighted by atomic mass is 10.2. The van der Waals surface area contributed by atoms with Crippen molar-refractivity contribution in [3.8, 4) is 5.75 Å². The molecule has 0 unspecified atom stereocenters. The largest absolute Gasteiger partial charge is 0.497 e. The minimum absolute atomic E-state index is 0.0657. The molecule has 0 spiro atoms. The number of sulfonamides is 1. The molecule has 2 aromatic carbocycles. The number of methoxy groups -OCH3 is 1. The average molecular weight is 410 g/mol. The molecule has 0 aromatic heterocycles. The number of hydrogen-bond donors (Lipinski definition) is 0. The van der Waals surface area contributed by atoms with Gasteiger partial charge in [-0.2, -0.15) is 0 Å². The molecule has 1 aliphatic rings. The number of rotatable bonds is 6. The monoisotopic (exact) mass is 409 g/mol. The molecule has 0 radical (unpaired) electrons. The molecule has 2 aromatic rings. The van der Waals surface area contributed by atoms with Crippen molar-refractivity contribution >= 4 is 19.9 Å². The molecule has 1 fully saturated rings. The van der Waals surface area contributed by atoms with E-state index in [1.807, 2.05) is 6.07 Å². The van der Waals surface area contributed by atoms with Gasteiger partial charge in [0, 0.05) is 13.1 Å². The fourth-order valence-corrected chi connectivity index (χ4v) is 6.55. The molecule has 3 rings (SSSR count). The highest BCUT2D eigenvalue weighted by Crippen LogP contribution is 2.27. The third-order valence-corrected chi connectivity index (χ3v) is 8.94. The SMILES string of the molecule is COc1ccc(S(=O)(=O)C2CCN(S(=O)(=O)Cc3ccccc3)CC2)cc1. The van der Waals surface area contributed by atoms with E-state index in [2.05, 4.69) is 0 Å². The van der Waals surface area contributed by atoms with Crippen molar-refractivity contribution in [1.29, 1.82) is 0 Å². The molecule has 1 aliphatic heterocycles. The Kier molecular flexibility index (Phi) is 5.88. The van der Waals surface area contributed by atoms with Crippen LogP contribution in [0.25, 0.3) is 0 Å². The first-order valence-corrected chi connectivity index (χ1v) is 11.9. The van der Waals surface area contributed by atoms with E-state index < -0.39 is 25.1 Å². The van der Waals surface area contributed by atoms with E-state index in [1.165, 1.54) is 23.5 Å². The number of nitrogens with zero attached hydrogens (tertiary/aromatic N) is 1. The molecule has 0 amide bonds. The molecule has 0 aliphatic carbocycles. The van der Waals surface area contributed by atoms with Crippen LogP contribution in [0.15, 0.2) is 59.5 Å². The number of sulfone groups is 1. The summed E-state index contributed by atoms with van der Waals surface area (Å²) in [7, 11) is -5.43. The molecule has 1 heterocycles. The zero-order valence-electron chi connectivity index (χ0n) is 15.1. The zero-order valence-corrected chi connectivity index (χ0v) is 16.7. The van der Waals surface area contributed by atoms with Gasteiger partial charge in [-0.1, -0.05) is 30.3 Å². The van der Waals surface area contributed by atoms with Crippen molar-refractivity contribution in [2.45, 2.75) is 28.7 Å². The van der Waals surface area contributed by atoms with Crippen LogP contribution >= 0.6 is 0 Å². The topological polar surface area (TPSA) is 80.8 Å². The summed E-state index contributed by atoms with van der Waals surface area (Å²) in [6, 6.07) is 15.3. The van der Waals surface area contributed by atoms with Gasteiger partial charge in [0.05, 0.1) is 23.0 Å². The van der Waals surface area contributed by atoms with Gasteiger partial charge in [-0.05, 0) is 42.7 Å². The Bertz CT molecular complexity index is 963. The summed E-state index contributed by atoms with van der Waals surface area (Å²) >= 11 is 0. The van der Waals surface area contributed by atoms with Gasteiger partial charge < -0.3 is 4.74 Å². The highest BCUT2D eigenvalue weighted by Gasteiger charge is 2.35. The van der Waals surface area contributed by atoms with E-state index in [0.29, 0.717) is 18.6 Å². The molecule has 8 heteroatoms. The van der Waals surface area contributed by atoms with Crippen LogP contribution in [-0.4, -0.2) is 46.6 Å². The maximum absolute atomic E-state index is 12.8. The molecule has 27 heavy (non-hydrogen) atoms. The van der Waals surface area contributed by atoms with E-state index in [0.717, 1.165) is 5.56 Å². The van der Waals surface area contributed by atoms with Crippen LogP contribution in [0, 0.1) is 0 Å². The molecule has 0 atom stereocenters. The Hall–Kier alpha value is -1.90. The minimum Gasteiger partial charge on any atom is -0.497 e. The van der Waals surface area contributed by atoms with Crippen molar-refractivity contribution < 1.29 is 21.6 Å². The van der Waals surface area contributed by atoms with Crippen molar-refractivity contribution in [2.75, 3.05) is 20.2 Å². The van der Waals surface area contributed by atoms with Crippen LogP contribution in [0.5, 0.6) is 5.75 Å². The first kappa shape index (κ1) is 19.9. The lowest BCUT2D eigenvalue weighted by Crippen LogP contribution is -2.42. The Morgan fingerprint density at radius 3 is 2.07 bits per heavy atom. The standard InChI is InChI=1S/C19H23NO5S2/c1-25-17-7-9-18(10-8-17)27(23,24)19-11-13-20(14-12-19)26(21,22)15-16-5-3-2-4-6-16/h2-10,19H,11-15H2,1H3. The van der Waals surface area contributed by atoms with Crippen LogP contribution in [0.1, 0.15) is 18.4 Å². The minimum atomic E-state index is -3.49. The normalized spacial score (nSPS) is 16.9. The Morgan fingerprint density at radius 1 is 0.926 bits per heavy atom. The Balaban J connectivity index is 1.67. The van der Waals surface area contributed by atoms with Crippen LogP contribution in [-0.2, 0) is 25.6 Å². The molecule has 6 nitrogen and oxygen atoms in total. The van der Waals surface area contributed by atoms with Crippen LogP contribution < -0.4 is 4.74 Å². The van der Waals surface area contributed by atoms with Gasteiger partial charge in [0.15, 0.2) is 9.84 Å². The number of hydrogen-bond acceptors (Lipinski definition) is 5. The quantitative estimate of drug-likeness (QED) is 0.732. The lowest BCUT2D eigenvalue weighted by molar-refractivity contribution is 0.345. The smallest absolute Gasteiger partial charge is 0.218 e. The van der Waals surface area contributed by atoms with Gasteiger partial charge in [-0.15, -0.1) is 0 Å². The predicted molar refractivity (Wildman–Crippen MR) is 104 cm³/mol. The molecule has 146 valence electrons. The third-order valence-electron chi connectivity index (χ3n) is 4.81. The summed E-state index contributed by atoms with van der Waals surface area (Å²) in [5.74, 6) is 0.528. The summed E-state index contributed by atoms with van der Waals surface area (Å²) in [6.07, 6.45) is 0.588. The van der Waals surface area contributed by atoms with E-state index in [-0.39, 0.29) is 23.7 Å². The van der Waals surface area contributed by atoms with Gasteiger partial charge in [0.25, 0.3) is 0 Å². The van der Waals surface area contributed by atoms with Crippen LogP contribution in [0.4, 0.5) is 0 Å². The summed E-state index contributed by atoms with van der Waals surface area (Å²) in [5, 5.41) is -0.575. The van der Waals surface area contributed by atoms with Gasteiger partial charge >= 0.3 is 0 Å². The summed E-state index contributed by atoms with van der Waals surface area (Å²) in [4.78, 5) is 0.244. The highest BCUT2D eigenvalue weighted by atomic mass is 32.2. The Morgan fingerprint density at radius 2 is 1.52 bits per heavy atom. The van der Waals surface area contributed by atoms with Crippen molar-refractivity contribution in [3.05, 3.63) is 60.2 Å². The molecule has 0 bridgehead atoms. The van der Waals surface area contributed by atoms with Crippen molar-refractivity contribution in [1.82, 2.24) is 4.31 Å². The number of benzene rings is 2. The van der Waals surface area contributed by atoms with Gasteiger partial charge in [-0.25, -0.2) is 21.1 Å². The molecule has 0 N–H and O–H groups in total. The number of piperidine rings is 1. The van der Waals surface area contributed by atoms with E-state index in [1.54, 1.807) is 36.4 Å². The lowest BCUT2D eigenvalue weighted by Gasteiger charge is -2.31. The second kappa shape index (κ2) is 8.00. The predicted octanol–water partition coefficient (Wildman–Crippen LogP) is 2.46. The highest BCUT2D eigenvalue weighted by molar-refractivity contribution is 7.92.